The molecule has 0 radical (unpaired) electrons. The Labute approximate surface area is 130 Å². The van der Waals surface area contributed by atoms with Crippen molar-refractivity contribution in [2.24, 2.45) is 0 Å². The van der Waals surface area contributed by atoms with E-state index in [1.807, 2.05) is 0 Å². The van der Waals surface area contributed by atoms with Crippen molar-refractivity contribution < 1.29 is 18.7 Å². The Morgan fingerprint density at radius 3 is 2.30 bits per heavy atom. The number of hydrogen-bond acceptors (Lipinski definition) is 2. The number of benzene rings is 2. The lowest BCUT2D eigenvalue weighted by Gasteiger charge is -2.10. The van der Waals surface area contributed by atoms with E-state index in [0.717, 1.165) is 0 Å². The number of carboxylic acids is 1. The molecule has 0 fully saturated rings. The van der Waals surface area contributed by atoms with Gasteiger partial charge in [0.15, 0.2) is 0 Å². The van der Waals surface area contributed by atoms with Crippen molar-refractivity contribution in [3.05, 3.63) is 78.0 Å². The molecule has 1 N–H and O–H groups in total. The predicted molar refractivity (Wildman–Crippen MR) is 82.0 cm³/mol. The highest BCUT2D eigenvalue weighted by Crippen LogP contribution is 2.32. The van der Waals surface area contributed by atoms with Gasteiger partial charge in [0.25, 0.3) is 0 Å². The van der Waals surface area contributed by atoms with E-state index in [-0.39, 0.29) is 22.3 Å². The smallest absolute Gasteiger partial charge is 0.335 e. The molecule has 3 nitrogen and oxygen atoms in total. The van der Waals surface area contributed by atoms with Crippen LogP contribution in [0.4, 0.5) is 8.78 Å². The van der Waals surface area contributed by atoms with Crippen molar-refractivity contribution in [1.82, 2.24) is 4.98 Å². The van der Waals surface area contributed by atoms with Crippen LogP contribution in [0.5, 0.6) is 0 Å². The minimum atomic E-state index is -1.10. The topological polar surface area (TPSA) is 50.2 Å². The highest BCUT2D eigenvalue weighted by atomic mass is 19.1. The number of rotatable bonds is 3. The average molecular weight is 311 g/mol. The van der Waals surface area contributed by atoms with Gasteiger partial charge >= 0.3 is 5.97 Å². The van der Waals surface area contributed by atoms with Crippen LogP contribution < -0.4 is 0 Å². The minimum absolute atomic E-state index is 0.0513. The van der Waals surface area contributed by atoms with Gasteiger partial charge in [0.2, 0.25) is 0 Å². The van der Waals surface area contributed by atoms with E-state index < -0.39 is 17.6 Å². The van der Waals surface area contributed by atoms with Crippen molar-refractivity contribution in [2.45, 2.75) is 0 Å². The number of aromatic carboxylic acids is 1. The molecule has 0 aliphatic carbocycles. The molecule has 114 valence electrons. The van der Waals surface area contributed by atoms with Crippen molar-refractivity contribution in [3.8, 4) is 22.4 Å². The molecule has 0 bridgehead atoms. The van der Waals surface area contributed by atoms with Crippen molar-refractivity contribution >= 4 is 5.97 Å². The molecule has 23 heavy (non-hydrogen) atoms. The minimum Gasteiger partial charge on any atom is -0.478 e. The molecule has 0 spiro atoms. The lowest BCUT2D eigenvalue weighted by Crippen LogP contribution is -1.98. The van der Waals surface area contributed by atoms with E-state index in [2.05, 4.69) is 4.98 Å². The van der Waals surface area contributed by atoms with Crippen LogP contribution in [-0.2, 0) is 0 Å². The summed E-state index contributed by atoms with van der Waals surface area (Å²) < 4.78 is 28.9. The van der Waals surface area contributed by atoms with Gasteiger partial charge in [-0.2, -0.15) is 0 Å². The fourth-order valence-corrected chi connectivity index (χ4v) is 2.32. The molecule has 1 heterocycles. The highest BCUT2D eigenvalue weighted by molar-refractivity contribution is 5.88. The van der Waals surface area contributed by atoms with Gasteiger partial charge in [-0.05, 0) is 42.0 Å². The first-order chi connectivity index (χ1) is 11.1. The lowest BCUT2D eigenvalue weighted by molar-refractivity contribution is 0.0697. The summed E-state index contributed by atoms with van der Waals surface area (Å²) in [6.07, 6.45) is 1.53. The molecule has 3 rings (SSSR count). The summed E-state index contributed by atoms with van der Waals surface area (Å²) in [4.78, 5) is 14.9. The summed E-state index contributed by atoms with van der Waals surface area (Å²) >= 11 is 0. The number of pyridine rings is 1. The van der Waals surface area contributed by atoms with Crippen LogP contribution >= 0.6 is 0 Å². The van der Waals surface area contributed by atoms with Gasteiger partial charge in [0.05, 0.1) is 16.8 Å². The SMILES string of the molecule is O=C(O)c1ccc(-c2c(F)ccc(-c3ccccn3)c2F)cc1. The van der Waals surface area contributed by atoms with Crippen LogP contribution in [0.1, 0.15) is 10.4 Å². The number of carbonyl (C=O) groups is 1. The Bertz CT molecular complexity index is 862. The van der Waals surface area contributed by atoms with E-state index in [1.54, 1.807) is 18.2 Å². The third-order valence-electron chi connectivity index (χ3n) is 3.45. The zero-order valence-corrected chi connectivity index (χ0v) is 11.8. The molecule has 0 amide bonds. The third-order valence-corrected chi connectivity index (χ3v) is 3.45. The Morgan fingerprint density at radius 1 is 0.957 bits per heavy atom. The Kier molecular flexibility index (Phi) is 3.85. The Balaban J connectivity index is 2.14. The zero-order valence-electron chi connectivity index (χ0n) is 11.8. The maximum Gasteiger partial charge on any atom is 0.335 e. The molecule has 1 aromatic heterocycles. The monoisotopic (exact) mass is 311 g/mol. The van der Waals surface area contributed by atoms with Crippen LogP contribution in [-0.4, -0.2) is 16.1 Å². The number of nitrogens with zero attached hydrogens (tertiary/aromatic N) is 1. The second-order valence-electron chi connectivity index (χ2n) is 4.88. The molecule has 5 heteroatoms. The summed E-state index contributed by atoms with van der Waals surface area (Å²) in [6.45, 7) is 0. The van der Waals surface area contributed by atoms with E-state index in [0.29, 0.717) is 5.69 Å². The summed E-state index contributed by atoms with van der Waals surface area (Å²) in [5.41, 5.74) is 0.695. The number of carboxylic acid groups (broad SMARTS) is 1. The quantitative estimate of drug-likeness (QED) is 0.780. The predicted octanol–water partition coefficient (Wildman–Crippen LogP) is 4.39. The fraction of sp³-hybridized carbons (Fsp3) is 0. The first-order valence-electron chi connectivity index (χ1n) is 6.81. The summed E-state index contributed by atoms with van der Waals surface area (Å²) in [6, 6.07) is 12.9. The van der Waals surface area contributed by atoms with Crippen molar-refractivity contribution in [2.75, 3.05) is 0 Å². The molecule has 0 aliphatic rings. The van der Waals surface area contributed by atoms with Gasteiger partial charge < -0.3 is 5.11 Å². The number of aromatic nitrogens is 1. The number of hydrogen-bond donors (Lipinski definition) is 1. The third kappa shape index (κ3) is 2.81. The standard InChI is InChI=1S/C18H11F2NO2/c19-14-9-8-13(15-3-1-2-10-21-15)17(20)16(14)11-4-6-12(7-5-11)18(22)23/h1-10H,(H,22,23). The van der Waals surface area contributed by atoms with Gasteiger partial charge in [0, 0.05) is 11.8 Å². The van der Waals surface area contributed by atoms with Crippen LogP contribution in [0, 0.1) is 11.6 Å². The zero-order chi connectivity index (χ0) is 16.4. The average Bonchev–Trinajstić information content (AvgIpc) is 2.56. The van der Waals surface area contributed by atoms with Gasteiger partial charge in [0.1, 0.15) is 11.6 Å². The Hall–Kier alpha value is -3.08. The summed E-state index contributed by atoms with van der Waals surface area (Å²) in [5, 5.41) is 8.89. The first-order valence-corrected chi connectivity index (χ1v) is 6.81. The van der Waals surface area contributed by atoms with Crippen molar-refractivity contribution in [3.63, 3.8) is 0 Å². The lowest BCUT2D eigenvalue weighted by atomic mass is 9.98. The maximum absolute atomic E-state index is 14.8. The molecule has 3 aromatic rings. The number of halogens is 2. The first kappa shape index (κ1) is 14.8. The Morgan fingerprint density at radius 2 is 1.70 bits per heavy atom. The maximum atomic E-state index is 14.8. The van der Waals surface area contributed by atoms with E-state index in [9.17, 15) is 13.6 Å². The molecular weight excluding hydrogens is 300 g/mol. The van der Waals surface area contributed by atoms with Gasteiger partial charge in [-0.3, -0.25) is 4.98 Å². The van der Waals surface area contributed by atoms with Crippen LogP contribution in [0.3, 0.4) is 0 Å². The van der Waals surface area contributed by atoms with E-state index in [1.165, 1.54) is 42.6 Å². The second-order valence-corrected chi connectivity index (χ2v) is 4.88. The normalized spacial score (nSPS) is 10.5. The molecule has 2 aromatic carbocycles. The molecule has 0 saturated carbocycles. The van der Waals surface area contributed by atoms with E-state index >= 15 is 0 Å². The fourth-order valence-electron chi connectivity index (χ4n) is 2.32. The van der Waals surface area contributed by atoms with Gasteiger partial charge in [-0.15, -0.1) is 0 Å². The highest BCUT2D eigenvalue weighted by Gasteiger charge is 2.17. The van der Waals surface area contributed by atoms with Gasteiger partial charge in [-0.1, -0.05) is 18.2 Å². The molecule has 0 aliphatic heterocycles. The molecular formula is C18H11F2NO2. The van der Waals surface area contributed by atoms with Gasteiger partial charge in [-0.25, -0.2) is 13.6 Å². The van der Waals surface area contributed by atoms with E-state index in [4.69, 9.17) is 5.11 Å². The van der Waals surface area contributed by atoms with Crippen LogP contribution in [0.15, 0.2) is 60.8 Å². The van der Waals surface area contributed by atoms with Crippen molar-refractivity contribution in [1.29, 1.82) is 0 Å². The molecule has 0 saturated heterocycles. The summed E-state index contributed by atoms with van der Waals surface area (Å²) in [5.74, 6) is -2.54. The largest absolute Gasteiger partial charge is 0.478 e. The molecule has 0 atom stereocenters. The van der Waals surface area contributed by atoms with Crippen LogP contribution in [0.25, 0.3) is 22.4 Å². The summed E-state index contributed by atoms with van der Waals surface area (Å²) in [7, 11) is 0. The molecule has 0 unspecified atom stereocenters. The van der Waals surface area contributed by atoms with Crippen LogP contribution in [0.2, 0.25) is 0 Å². The second kappa shape index (κ2) is 5.96.